The van der Waals surface area contributed by atoms with Crippen molar-refractivity contribution in [3.05, 3.63) is 35.4 Å². The lowest BCUT2D eigenvalue weighted by molar-refractivity contribution is 0.203. The molecule has 0 spiro atoms. The number of amides is 2. The molecule has 1 aromatic carbocycles. The summed E-state index contributed by atoms with van der Waals surface area (Å²) in [6.07, 6.45) is 0. The third-order valence-corrected chi connectivity index (χ3v) is 2.74. The van der Waals surface area contributed by atoms with Gasteiger partial charge in [-0.2, -0.15) is 0 Å². The molecule has 1 rings (SSSR count). The molecule has 0 radical (unpaired) electrons. The number of carbonyl (C=O) groups is 1. The molecule has 2 amide bonds. The molecule has 0 aromatic heterocycles. The molecule has 3 nitrogen and oxygen atoms in total. The number of nitrogens with zero attached hydrogens (tertiary/aromatic N) is 1. The quantitative estimate of drug-likeness (QED) is 0.831. The lowest BCUT2D eigenvalue weighted by Gasteiger charge is -2.19. The Morgan fingerprint density at radius 2 is 1.88 bits per heavy atom. The average Bonchev–Trinajstić information content (AvgIpc) is 2.29. The first-order chi connectivity index (χ1) is 7.69. The molecule has 3 heteroatoms. The fourth-order valence-electron chi connectivity index (χ4n) is 1.60. The molecular formula is C13H20N2O. The van der Waals surface area contributed by atoms with Crippen LogP contribution in [0.5, 0.6) is 0 Å². The number of rotatable bonds is 4. The topological polar surface area (TPSA) is 32.3 Å². The maximum Gasteiger partial charge on any atom is 0.317 e. The SMILES string of the molecule is CCN(CC)C(=O)NCc1ccccc1C. The predicted octanol–water partition coefficient (Wildman–Crippen LogP) is 2.55. The van der Waals surface area contributed by atoms with Gasteiger partial charge in [-0.15, -0.1) is 0 Å². The number of aryl methyl sites for hydroxylation is 1. The Hall–Kier alpha value is -1.51. The third kappa shape index (κ3) is 3.26. The molecular weight excluding hydrogens is 200 g/mol. The number of benzene rings is 1. The molecule has 0 aliphatic heterocycles. The van der Waals surface area contributed by atoms with Crippen molar-refractivity contribution in [2.24, 2.45) is 0 Å². The van der Waals surface area contributed by atoms with Crippen LogP contribution in [0.3, 0.4) is 0 Å². The Bertz CT molecular complexity index is 346. The molecule has 0 aliphatic carbocycles. The van der Waals surface area contributed by atoms with E-state index in [1.54, 1.807) is 4.90 Å². The fourth-order valence-corrected chi connectivity index (χ4v) is 1.60. The van der Waals surface area contributed by atoms with Crippen molar-refractivity contribution in [1.82, 2.24) is 10.2 Å². The minimum Gasteiger partial charge on any atom is -0.334 e. The summed E-state index contributed by atoms with van der Waals surface area (Å²) in [6, 6.07) is 8.10. The Kier molecular flexibility index (Phi) is 4.83. The predicted molar refractivity (Wildman–Crippen MR) is 66.3 cm³/mol. The van der Waals surface area contributed by atoms with E-state index in [1.807, 2.05) is 32.0 Å². The zero-order chi connectivity index (χ0) is 12.0. The van der Waals surface area contributed by atoms with Gasteiger partial charge in [0.05, 0.1) is 0 Å². The van der Waals surface area contributed by atoms with Crippen molar-refractivity contribution < 1.29 is 4.79 Å². The molecule has 0 unspecified atom stereocenters. The molecule has 0 atom stereocenters. The summed E-state index contributed by atoms with van der Waals surface area (Å²) in [5.74, 6) is 0. The maximum absolute atomic E-state index is 11.7. The highest BCUT2D eigenvalue weighted by Gasteiger charge is 2.08. The number of urea groups is 1. The zero-order valence-electron chi connectivity index (χ0n) is 10.3. The molecule has 0 bridgehead atoms. The molecule has 0 fully saturated rings. The number of carbonyl (C=O) groups excluding carboxylic acids is 1. The Labute approximate surface area is 97.5 Å². The summed E-state index contributed by atoms with van der Waals surface area (Å²) in [4.78, 5) is 13.5. The first-order valence-corrected chi connectivity index (χ1v) is 5.76. The van der Waals surface area contributed by atoms with Gasteiger partial charge in [0, 0.05) is 19.6 Å². The van der Waals surface area contributed by atoms with Gasteiger partial charge < -0.3 is 10.2 Å². The number of nitrogens with one attached hydrogen (secondary N) is 1. The van der Waals surface area contributed by atoms with Gasteiger partial charge in [-0.3, -0.25) is 0 Å². The highest BCUT2D eigenvalue weighted by molar-refractivity contribution is 5.74. The van der Waals surface area contributed by atoms with Gasteiger partial charge in [0.25, 0.3) is 0 Å². The highest BCUT2D eigenvalue weighted by Crippen LogP contribution is 2.06. The maximum atomic E-state index is 11.7. The minimum absolute atomic E-state index is 0.00764. The van der Waals surface area contributed by atoms with E-state index in [0.717, 1.165) is 13.1 Å². The average molecular weight is 220 g/mol. The minimum atomic E-state index is 0.00764. The van der Waals surface area contributed by atoms with Crippen LogP contribution in [0.2, 0.25) is 0 Å². The zero-order valence-corrected chi connectivity index (χ0v) is 10.3. The molecule has 1 N–H and O–H groups in total. The lowest BCUT2D eigenvalue weighted by atomic mass is 10.1. The second-order valence-corrected chi connectivity index (χ2v) is 3.76. The van der Waals surface area contributed by atoms with E-state index in [4.69, 9.17) is 0 Å². The smallest absolute Gasteiger partial charge is 0.317 e. The molecule has 0 saturated heterocycles. The van der Waals surface area contributed by atoms with Crippen LogP contribution < -0.4 is 5.32 Å². The van der Waals surface area contributed by atoms with Gasteiger partial charge in [0.15, 0.2) is 0 Å². The van der Waals surface area contributed by atoms with Crippen molar-refractivity contribution in [3.63, 3.8) is 0 Å². The summed E-state index contributed by atoms with van der Waals surface area (Å²) >= 11 is 0. The van der Waals surface area contributed by atoms with Crippen LogP contribution in [0.4, 0.5) is 4.79 Å². The van der Waals surface area contributed by atoms with E-state index in [1.165, 1.54) is 11.1 Å². The van der Waals surface area contributed by atoms with E-state index in [2.05, 4.69) is 18.3 Å². The Balaban J connectivity index is 2.52. The Morgan fingerprint density at radius 1 is 1.25 bits per heavy atom. The molecule has 16 heavy (non-hydrogen) atoms. The van der Waals surface area contributed by atoms with Gasteiger partial charge in [-0.05, 0) is 31.9 Å². The van der Waals surface area contributed by atoms with Crippen molar-refractivity contribution in [2.75, 3.05) is 13.1 Å². The first kappa shape index (κ1) is 12.6. The van der Waals surface area contributed by atoms with E-state index in [0.29, 0.717) is 6.54 Å². The van der Waals surface area contributed by atoms with Crippen LogP contribution in [0.1, 0.15) is 25.0 Å². The second-order valence-electron chi connectivity index (χ2n) is 3.76. The standard InChI is InChI=1S/C13H20N2O/c1-4-15(5-2)13(16)14-10-12-9-7-6-8-11(12)3/h6-9H,4-5,10H2,1-3H3,(H,14,16). The molecule has 88 valence electrons. The van der Waals surface area contributed by atoms with Crippen molar-refractivity contribution in [1.29, 1.82) is 0 Å². The summed E-state index contributed by atoms with van der Waals surface area (Å²) in [6.45, 7) is 8.11. The van der Waals surface area contributed by atoms with Gasteiger partial charge in [0.1, 0.15) is 0 Å². The van der Waals surface area contributed by atoms with Crippen LogP contribution in [-0.4, -0.2) is 24.0 Å². The molecule has 0 aliphatic rings. The lowest BCUT2D eigenvalue weighted by Crippen LogP contribution is -2.39. The van der Waals surface area contributed by atoms with Crippen molar-refractivity contribution >= 4 is 6.03 Å². The van der Waals surface area contributed by atoms with Gasteiger partial charge in [-0.25, -0.2) is 4.79 Å². The fraction of sp³-hybridized carbons (Fsp3) is 0.462. The molecule has 1 aromatic rings. The van der Waals surface area contributed by atoms with Crippen LogP contribution in [0.25, 0.3) is 0 Å². The highest BCUT2D eigenvalue weighted by atomic mass is 16.2. The van der Waals surface area contributed by atoms with Gasteiger partial charge in [0.2, 0.25) is 0 Å². The van der Waals surface area contributed by atoms with Crippen LogP contribution >= 0.6 is 0 Å². The summed E-state index contributed by atoms with van der Waals surface area (Å²) in [5, 5.41) is 2.93. The number of hydrogen-bond acceptors (Lipinski definition) is 1. The molecule has 0 saturated carbocycles. The van der Waals surface area contributed by atoms with E-state index in [9.17, 15) is 4.79 Å². The van der Waals surface area contributed by atoms with Crippen LogP contribution in [-0.2, 0) is 6.54 Å². The van der Waals surface area contributed by atoms with Crippen LogP contribution in [0, 0.1) is 6.92 Å². The van der Waals surface area contributed by atoms with Crippen LogP contribution in [0.15, 0.2) is 24.3 Å². The van der Waals surface area contributed by atoms with E-state index >= 15 is 0 Å². The molecule has 0 heterocycles. The number of hydrogen-bond donors (Lipinski definition) is 1. The normalized spacial score (nSPS) is 9.94. The second kappa shape index (κ2) is 6.16. The largest absolute Gasteiger partial charge is 0.334 e. The van der Waals surface area contributed by atoms with E-state index in [-0.39, 0.29) is 6.03 Å². The summed E-state index contributed by atoms with van der Waals surface area (Å²) in [5.41, 5.74) is 2.38. The summed E-state index contributed by atoms with van der Waals surface area (Å²) < 4.78 is 0. The first-order valence-electron chi connectivity index (χ1n) is 5.76. The van der Waals surface area contributed by atoms with Crippen molar-refractivity contribution in [2.45, 2.75) is 27.3 Å². The van der Waals surface area contributed by atoms with Gasteiger partial charge >= 0.3 is 6.03 Å². The monoisotopic (exact) mass is 220 g/mol. The third-order valence-electron chi connectivity index (χ3n) is 2.74. The summed E-state index contributed by atoms with van der Waals surface area (Å²) in [7, 11) is 0. The Morgan fingerprint density at radius 3 is 2.44 bits per heavy atom. The van der Waals surface area contributed by atoms with Crippen molar-refractivity contribution in [3.8, 4) is 0 Å². The van der Waals surface area contributed by atoms with Gasteiger partial charge in [-0.1, -0.05) is 24.3 Å². The van der Waals surface area contributed by atoms with E-state index < -0.39 is 0 Å².